The van der Waals surface area contributed by atoms with Crippen LogP contribution in [0.4, 0.5) is 5.69 Å². The van der Waals surface area contributed by atoms with Gasteiger partial charge in [-0.05, 0) is 31.2 Å². The molecule has 0 unspecified atom stereocenters. The van der Waals surface area contributed by atoms with Gasteiger partial charge in [0.1, 0.15) is 5.51 Å². The van der Waals surface area contributed by atoms with Crippen molar-refractivity contribution in [1.29, 1.82) is 0 Å². The standard InChI is InChI=1S/C14H13N3OS2/c1-2-3-4-5-13(18)16-11-6-8-12(9-7-11)20-14-17-15-10-19-14/h2-10H,1H3,(H,16,18). The lowest BCUT2D eigenvalue weighted by molar-refractivity contribution is -0.111. The number of benzene rings is 1. The molecule has 0 aliphatic carbocycles. The van der Waals surface area contributed by atoms with Gasteiger partial charge in [0.2, 0.25) is 5.91 Å². The Morgan fingerprint density at radius 3 is 2.75 bits per heavy atom. The third-order valence-corrected chi connectivity index (χ3v) is 4.00. The predicted octanol–water partition coefficient (Wildman–Crippen LogP) is 3.76. The number of allylic oxidation sites excluding steroid dienone is 3. The third kappa shape index (κ3) is 4.64. The van der Waals surface area contributed by atoms with Crippen molar-refractivity contribution in [1.82, 2.24) is 10.2 Å². The van der Waals surface area contributed by atoms with Crippen LogP contribution in [-0.4, -0.2) is 16.1 Å². The Morgan fingerprint density at radius 2 is 2.10 bits per heavy atom. The molecule has 1 aromatic heterocycles. The van der Waals surface area contributed by atoms with E-state index in [1.807, 2.05) is 37.3 Å². The number of carbonyl (C=O) groups is 1. The zero-order chi connectivity index (χ0) is 14.2. The summed E-state index contributed by atoms with van der Waals surface area (Å²) >= 11 is 3.05. The van der Waals surface area contributed by atoms with Gasteiger partial charge in [-0.25, -0.2) is 0 Å². The van der Waals surface area contributed by atoms with Crippen molar-refractivity contribution >= 4 is 34.7 Å². The Labute approximate surface area is 125 Å². The van der Waals surface area contributed by atoms with Crippen LogP contribution in [0, 0.1) is 0 Å². The van der Waals surface area contributed by atoms with Crippen LogP contribution in [0.1, 0.15) is 6.92 Å². The Balaban J connectivity index is 1.93. The van der Waals surface area contributed by atoms with Gasteiger partial charge in [0, 0.05) is 16.7 Å². The molecule has 1 aromatic carbocycles. The van der Waals surface area contributed by atoms with Gasteiger partial charge in [-0.2, -0.15) is 0 Å². The zero-order valence-corrected chi connectivity index (χ0v) is 12.4. The van der Waals surface area contributed by atoms with Crippen molar-refractivity contribution in [2.45, 2.75) is 16.2 Å². The summed E-state index contributed by atoms with van der Waals surface area (Å²) in [5.74, 6) is -0.146. The molecule has 0 aliphatic rings. The van der Waals surface area contributed by atoms with Crippen LogP contribution in [0.15, 0.2) is 63.3 Å². The van der Waals surface area contributed by atoms with Crippen LogP contribution in [0.25, 0.3) is 0 Å². The van der Waals surface area contributed by atoms with Crippen molar-refractivity contribution in [3.05, 3.63) is 54.1 Å². The van der Waals surface area contributed by atoms with Crippen LogP contribution in [-0.2, 0) is 4.79 Å². The maximum atomic E-state index is 11.6. The van der Waals surface area contributed by atoms with Gasteiger partial charge in [-0.15, -0.1) is 10.2 Å². The second-order valence-corrected chi connectivity index (χ2v) is 5.86. The smallest absolute Gasteiger partial charge is 0.248 e. The van der Waals surface area contributed by atoms with Crippen LogP contribution in [0.3, 0.4) is 0 Å². The van der Waals surface area contributed by atoms with Crippen LogP contribution < -0.4 is 5.32 Å². The molecule has 0 saturated carbocycles. The van der Waals surface area contributed by atoms with E-state index in [0.29, 0.717) is 0 Å². The maximum absolute atomic E-state index is 11.6. The molecule has 2 aromatic rings. The fourth-order valence-electron chi connectivity index (χ4n) is 1.35. The Morgan fingerprint density at radius 1 is 1.30 bits per heavy atom. The summed E-state index contributed by atoms with van der Waals surface area (Å²) in [5.41, 5.74) is 2.47. The average Bonchev–Trinajstić information content (AvgIpc) is 2.94. The van der Waals surface area contributed by atoms with Crippen molar-refractivity contribution in [3.63, 3.8) is 0 Å². The van der Waals surface area contributed by atoms with Crippen LogP contribution >= 0.6 is 23.1 Å². The molecule has 1 amide bonds. The van der Waals surface area contributed by atoms with Gasteiger partial charge < -0.3 is 5.32 Å². The van der Waals surface area contributed by atoms with Crippen molar-refractivity contribution in [2.75, 3.05) is 5.32 Å². The molecule has 1 heterocycles. The first-order valence-electron chi connectivity index (χ1n) is 5.92. The van der Waals surface area contributed by atoms with E-state index in [4.69, 9.17) is 0 Å². The molecule has 2 rings (SSSR count). The zero-order valence-electron chi connectivity index (χ0n) is 10.8. The first kappa shape index (κ1) is 14.5. The van der Waals surface area contributed by atoms with Gasteiger partial charge in [0.05, 0.1) is 0 Å². The number of carbonyl (C=O) groups excluding carboxylic acids is 1. The minimum atomic E-state index is -0.146. The summed E-state index contributed by atoms with van der Waals surface area (Å²) in [7, 11) is 0. The summed E-state index contributed by atoms with van der Waals surface area (Å²) in [6.45, 7) is 1.90. The molecular weight excluding hydrogens is 290 g/mol. The molecule has 0 fully saturated rings. The number of nitrogens with zero attached hydrogens (tertiary/aromatic N) is 2. The van der Waals surface area contributed by atoms with E-state index >= 15 is 0 Å². The fourth-order valence-corrected chi connectivity index (χ4v) is 2.80. The Hall–Kier alpha value is -1.92. The van der Waals surface area contributed by atoms with Gasteiger partial charge >= 0.3 is 0 Å². The molecule has 0 aliphatic heterocycles. The number of amides is 1. The van der Waals surface area contributed by atoms with E-state index in [-0.39, 0.29) is 5.91 Å². The molecule has 20 heavy (non-hydrogen) atoms. The van der Waals surface area contributed by atoms with Gasteiger partial charge in [0.15, 0.2) is 4.34 Å². The predicted molar refractivity (Wildman–Crippen MR) is 83.1 cm³/mol. The van der Waals surface area contributed by atoms with E-state index in [0.717, 1.165) is 14.9 Å². The summed E-state index contributed by atoms with van der Waals surface area (Å²) in [6, 6.07) is 7.62. The average molecular weight is 303 g/mol. The first-order valence-corrected chi connectivity index (χ1v) is 7.62. The highest BCUT2D eigenvalue weighted by Gasteiger charge is 2.02. The highest BCUT2D eigenvalue weighted by molar-refractivity contribution is 8.01. The molecule has 4 nitrogen and oxygen atoms in total. The second kappa shape index (κ2) is 7.62. The number of aromatic nitrogens is 2. The summed E-state index contributed by atoms with van der Waals surface area (Å²) < 4.78 is 0.899. The molecule has 0 atom stereocenters. The molecule has 0 saturated heterocycles. The number of rotatable bonds is 5. The SMILES string of the molecule is CC=CC=CC(=O)Nc1ccc(Sc2nncs2)cc1. The second-order valence-electron chi connectivity index (χ2n) is 3.71. The maximum Gasteiger partial charge on any atom is 0.248 e. The largest absolute Gasteiger partial charge is 0.323 e. The van der Waals surface area contributed by atoms with Gasteiger partial charge in [-0.1, -0.05) is 41.3 Å². The highest BCUT2D eigenvalue weighted by atomic mass is 32.2. The summed E-state index contributed by atoms with van der Waals surface area (Å²) in [5, 5.41) is 10.6. The van der Waals surface area contributed by atoms with Gasteiger partial charge in [0.25, 0.3) is 0 Å². The van der Waals surface area contributed by atoms with E-state index < -0.39 is 0 Å². The highest BCUT2D eigenvalue weighted by Crippen LogP contribution is 2.29. The summed E-state index contributed by atoms with van der Waals surface area (Å²) in [4.78, 5) is 12.6. The lowest BCUT2D eigenvalue weighted by Gasteiger charge is -2.03. The normalized spacial score (nSPS) is 11.2. The van der Waals surface area contributed by atoms with E-state index in [1.54, 1.807) is 29.4 Å². The monoisotopic (exact) mass is 303 g/mol. The van der Waals surface area contributed by atoms with Crippen molar-refractivity contribution in [3.8, 4) is 0 Å². The molecule has 0 radical (unpaired) electrons. The van der Waals surface area contributed by atoms with Crippen molar-refractivity contribution < 1.29 is 4.79 Å². The molecule has 1 N–H and O–H groups in total. The van der Waals surface area contributed by atoms with E-state index in [9.17, 15) is 4.79 Å². The van der Waals surface area contributed by atoms with Crippen molar-refractivity contribution in [2.24, 2.45) is 0 Å². The quantitative estimate of drug-likeness (QED) is 0.675. The van der Waals surface area contributed by atoms with E-state index in [2.05, 4.69) is 15.5 Å². The number of hydrogen-bond acceptors (Lipinski definition) is 5. The third-order valence-electron chi connectivity index (χ3n) is 2.22. The first-order chi connectivity index (χ1) is 9.78. The molecule has 0 spiro atoms. The Kier molecular flexibility index (Phi) is 5.52. The van der Waals surface area contributed by atoms with E-state index in [1.165, 1.54) is 17.4 Å². The molecule has 6 heteroatoms. The molecule has 102 valence electrons. The fraction of sp³-hybridized carbons (Fsp3) is 0.0714. The Bertz CT molecular complexity index is 604. The topological polar surface area (TPSA) is 54.9 Å². The molecule has 0 bridgehead atoms. The van der Waals surface area contributed by atoms with Crippen LogP contribution in [0.2, 0.25) is 0 Å². The lowest BCUT2D eigenvalue weighted by atomic mass is 10.3. The summed E-state index contributed by atoms with van der Waals surface area (Å²) in [6.07, 6.45) is 6.86. The lowest BCUT2D eigenvalue weighted by Crippen LogP contribution is -2.07. The number of hydrogen-bond donors (Lipinski definition) is 1. The number of anilines is 1. The minimum Gasteiger partial charge on any atom is -0.323 e. The van der Waals surface area contributed by atoms with Gasteiger partial charge in [-0.3, -0.25) is 4.79 Å². The minimum absolute atomic E-state index is 0.146. The molecular formula is C14H13N3OS2. The number of nitrogens with one attached hydrogen (secondary N) is 1. The van der Waals surface area contributed by atoms with Crippen LogP contribution in [0.5, 0.6) is 0 Å².